The van der Waals surface area contributed by atoms with E-state index in [2.05, 4.69) is 0 Å². The highest BCUT2D eigenvalue weighted by molar-refractivity contribution is 5.84. The molecule has 0 bridgehead atoms. The Balaban J connectivity index is 2.10. The molecule has 1 aromatic carbocycles. The van der Waals surface area contributed by atoms with Gasteiger partial charge in [0, 0.05) is 17.2 Å². The number of rotatable bonds is 1. The van der Waals surface area contributed by atoms with E-state index in [1.807, 2.05) is 19.9 Å². The van der Waals surface area contributed by atoms with Crippen LogP contribution in [0.5, 0.6) is 0 Å². The zero-order valence-electron chi connectivity index (χ0n) is 11.1. The monoisotopic (exact) mass is 244 g/mol. The molecule has 0 aliphatic heterocycles. The highest BCUT2D eigenvalue weighted by atomic mass is 16.3. The largest absolute Gasteiger partial charge is 0.440 e. The molecule has 0 radical (unpaired) electrons. The van der Waals surface area contributed by atoms with Gasteiger partial charge in [0.1, 0.15) is 5.52 Å². The minimum Gasteiger partial charge on any atom is -0.440 e. The molecule has 0 atom stereocenters. The number of nitrogens with zero attached hydrogens (tertiary/aromatic N) is 1. The molecule has 2 aromatic rings. The van der Waals surface area contributed by atoms with Crippen LogP contribution in [-0.2, 0) is 0 Å². The van der Waals surface area contributed by atoms with E-state index in [4.69, 9.17) is 15.1 Å². The molecule has 0 saturated heterocycles. The minimum absolute atomic E-state index is 0.506. The van der Waals surface area contributed by atoms with Crippen molar-refractivity contribution in [1.82, 2.24) is 4.98 Å². The predicted octanol–water partition coefficient (Wildman–Crippen LogP) is 4.07. The van der Waals surface area contributed by atoms with Gasteiger partial charge in [0.15, 0.2) is 11.5 Å². The van der Waals surface area contributed by atoms with E-state index in [1.165, 1.54) is 32.1 Å². The van der Waals surface area contributed by atoms with Gasteiger partial charge >= 0.3 is 0 Å². The molecule has 1 saturated carbocycles. The van der Waals surface area contributed by atoms with Gasteiger partial charge in [0.25, 0.3) is 0 Å². The Morgan fingerprint density at radius 1 is 1.22 bits per heavy atom. The van der Waals surface area contributed by atoms with Crippen molar-refractivity contribution in [2.24, 2.45) is 0 Å². The minimum atomic E-state index is 0.506. The second kappa shape index (κ2) is 4.30. The van der Waals surface area contributed by atoms with E-state index >= 15 is 0 Å². The lowest BCUT2D eigenvalue weighted by atomic mass is 9.89. The summed E-state index contributed by atoms with van der Waals surface area (Å²) in [6.45, 7) is 4.05. The van der Waals surface area contributed by atoms with Gasteiger partial charge in [-0.05, 0) is 38.3 Å². The third kappa shape index (κ3) is 1.78. The van der Waals surface area contributed by atoms with Gasteiger partial charge in [0.05, 0.1) is 0 Å². The maximum atomic E-state index is 6.01. The van der Waals surface area contributed by atoms with Gasteiger partial charge in [-0.25, -0.2) is 4.98 Å². The van der Waals surface area contributed by atoms with E-state index in [-0.39, 0.29) is 0 Å². The first-order valence-corrected chi connectivity index (χ1v) is 6.83. The first-order chi connectivity index (χ1) is 8.66. The molecule has 96 valence electrons. The number of aromatic nitrogens is 1. The Bertz CT molecular complexity index is 580. The molecular formula is C15H20N2O. The van der Waals surface area contributed by atoms with Gasteiger partial charge in [0.2, 0.25) is 0 Å². The summed E-state index contributed by atoms with van der Waals surface area (Å²) >= 11 is 0. The summed E-state index contributed by atoms with van der Waals surface area (Å²) < 4.78 is 6.01. The maximum absolute atomic E-state index is 6.01. The van der Waals surface area contributed by atoms with Crippen molar-refractivity contribution in [3.8, 4) is 0 Å². The van der Waals surface area contributed by atoms with E-state index in [1.54, 1.807) is 0 Å². The van der Waals surface area contributed by atoms with Crippen LogP contribution < -0.4 is 5.73 Å². The molecule has 0 spiro atoms. The van der Waals surface area contributed by atoms with Crippen molar-refractivity contribution in [2.45, 2.75) is 51.9 Å². The average Bonchev–Trinajstić information content (AvgIpc) is 2.83. The first kappa shape index (κ1) is 11.6. The zero-order valence-corrected chi connectivity index (χ0v) is 11.1. The highest BCUT2D eigenvalue weighted by Gasteiger charge is 2.22. The van der Waals surface area contributed by atoms with Gasteiger partial charge in [-0.2, -0.15) is 0 Å². The lowest BCUT2D eigenvalue weighted by molar-refractivity contribution is 0.373. The number of nitrogen functional groups attached to an aromatic ring is 1. The summed E-state index contributed by atoms with van der Waals surface area (Å²) in [5.74, 6) is 1.42. The first-order valence-electron chi connectivity index (χ1n) is 6.83. The summed E-state index contributed by atoms with van der Waals surface area (Å²) in [7, 11) is 0. The van der Waals surface area contributed by atoms with Gasteiger partial charge in [-0.1, -0.05) is 19.3 Å². The number of nitrogens with two attached hydrogens (primary N) is 1. The summed E-state index contributed by atoms with van der Waals surface area (Å²) in [6.07, 6.45) is 6.36. The fourth-order valence-corrected chi connectivity index (χ4v) is 2.93. The third-order valence-electron chi connectivity index (χ3n) is 4.12. The summed E-state index contributed by atoms with van der Waals surface area (Å²) in [6, 6.07) is 1.98. The van der Waals surface area contributed by atoms with E-state index < -0.39 is 0 Å². The number of fused-ring (bicyclic) bond motifs is 1. The number of hydrogen-bond donors (Lipinski definition) is 1. The van der Waals surface area contributed by atoms with Crippen LogP contribution in [0.2, 0.25) is 0 Å². The second-order valence-electron chi connectivity index (χ2n) is 5.47. The molecule has 1 heterocycles. The van der Waals surface area contributed by atoms with Crippen LogP contribution in [0.3, 0.4) is 0 Å². The molecule has 3 nitrogen and oxygen atoms in total. The predicted molar refractivity (Wildman–Crippen MR) is 73.7 cm³/mol. The summed E-state index contributed by atoms with van der Waals surface area (Å²) in [5, 5.41) is 0. The molecule has 1 fully saturated rings. The average molecular weight is 244 g/mol. The van der Waals surface area contributed by atoms with Crippen molar-refractivity contribution < 1.29 is 4.42 Å². The number of hydrogen-bond acceptors (Lipinski definition) is 3. The van der Waals surface area contributed by atoms with Crippen LogP contribution in [0.15, 0.2) is 10.5 Å². The molecular weight excluding hydrogens is 224 g/mol. The molecule has 2 N–H and O–H groups in total. The lowest BCUT2D eigenvalue weighted by Crippen LogP contribution is -2.04. The van der Waals surface area contributed by atoms with Crippen LogP contribution >= 0.6 is 0 Å². The van der Waals surface area contributed by atoms with Crippen molar-refractivity contribution in [3.05, 3.63) is 23.1 Å². The Hall–Kier alpha value is -1.51. The van der Waals surface area contributed by atoms with Crippen LogP contribution in [0, 0.1) is 13.8 Å². The molecule has 0 unspecified atom stereocenters. The number of oxazole rings is 1. The van der Waals surface area contributed by atoms with Crippen molar-refractivity contribution >= 4 is 16.8 Å². The van der Waals surface area contributed by atoms with E-state index in [9.17, 15) is 0 Å². The Morgan fingerprint density at radius 3 is 2.67 bits per heavy atom. The van der Waals surface area contributed by atoms with Crippen LogP contribution in [0.4, 0.5) is 5.69 Å². The summed E-state index contributed by atoms with van der Waals surface area (Å²) in [4.78, 5) is 4.71. The normalized spacial score (nSPS) is 17.4. The van der Waals surface area contributed by atoms with Crippen molar-refractivity contribution in [1.29, 1.82) is 0 Å². The zero-order chi connectivity index (χ0) is 12.7. The molecule has 3 rings (SSSR count). The fraction of sp³-hybridized carbons (Fsp3) is 0.533. The molecule has 18 heavy (non-hydrogen) atoms. The highest BCUT2D eigenvalue weighted by Crippen LogP contribution is 2.36. The number of aryl methyl sites for hydroxylation is 2. The van der Waals surface area contributed by atoms with E-state index in [0.717, 1.165) is 33.8 Å². The van der Waals surface area contributed by atoms with Gasteiger partial charge < -0.3 is 10.2 Å². The molecule has 1 aliphatic carbocycles. The van der Waals surface area contributed by atoms with Crippen molar-refractivity contribution in [3.63, 3.8) is 0 Å². The standard InChI is InChI=1S/C15H20N2O/c1-9-8-12(16)10(2)13-14(9)18-15(17-13)11-6-4-3-5-7-11/h8,11H,3-7,16H2,1-2H3. The smallest absolute Gasteiger partial charge is 0.198 e. The number of anilines is 1. The fourth-order valence-electron chi connectivity index (χ4n) is 2.93. The molecule has 1 aliphatic rings. The molecule has 0 amide bonds. The Morgan fingerprint density at radius 2 is 1.94 bits per heavy atom. The number of benzene rings is 1. The lowest BCUT2D eigenvalue weighted by Gasteiger charge is -2.17. The van der Waals surface area contributed by atoms with Crippen LogP contribution in [-0.4, -0.2) is 4.98 Å². The molecule has 1 aromatic heterocycles. The van der Waals surface area contributed by atoms with Crippen LogP contribution in [0.25, 0.3) is 11.1 Å². The van der Waals surface area contributed by atoms with E-state index in [0.29, 0.717) is 5.92 Å². The third-order valence-corrected chi connectivity index (χ3v) is 4.12. The van der Waals surface area contributed by atoms with Gasteiger partial charge in [-0.3, -0.25) is 0 Å². The summed E-state index contributed by atoms with van der Waals surface area (Å²) in [5.41, 5.74) is 10.8. The Kier molecular flexibility index (Phi) is 2.77. The quantitative estimate of drug-likeness (QED) is 0.769. The maximum Gasteiger partial charge on any atom is 0.198 e. The van der Waals surface area contributed by atoms with Crippen LogP contribution in [0.1, 0.15) is 55.0 Å². The Labute approximate surface area is 107 Å². The molecule has 3 heteroatoms. The SMILES string of the molecule is Cc1c(N)cc(C)c2oc(C3CCCCC3)nc12. The van der Waals surface area contributed by atoms with Gasteiger partial charge in [-0.15, -0.1) is 0 Å². The second-order valence-corrected chi connectivity index (χ2v) is 5.47. The topological polar surface area (TPSA) is 52.0 Å². The van der Waals surface area contributed by atoms with Crippen molar-refractivity contribution in [2.75, 3.05) is 5.73 Å².